The van der Waals surface area contributed by atoms with Crippen molar-refractivity contribution in [1.29, 1.82) is 0 Å². The molecule has 5 nitrogen and oxygen atoms in total. The van der Waals surface area contributed by atoms with Crippen molar-refractivity contribution in [2.24, 2.45) is 0 Å². The summed E-state index contributed by atoms with van der Waals surface area (Å²) in [4.78, 5) is 8.57. The minimum Gasteiger partial charge on any atom is -0.496 e. The minimum atomic E-state index is 0.601. The van der Waals surface area contributed by atoms with Gasteiger partial charge >= 0.3 is 0 Å². The zero-order chi connectivity index (χ0) is 13.8. The van der Waals surface area contributed by atoms with Crippen molar-refractivity contribution in [3.63, 3.8) is 0 Å². The van der Waals surface area contributed by atoms with E-state index in [1.54, 1.807) is 7.11 Å². The first-order valence-corrected chi connectivity index (χ1v) is 6.07. The fraction of sp³-hybridized carbons (Fsp3) is 0.286. The predicted octanol–water partition coefficient (Wildman–Crippen LogP) is 2.30. The summed E-state index contributed by atoms with van der Waals surface area (Å²) in [6.45, 7) is 4.42. The number of anilines is 2. The molecule has 0 amide bonds. The van der Waals surface area contributed by atoms with Gasteiger partial charge in [0, 0.05) is 29.6 Å². The Kier molecular flexibility index (Phi) is 3.85. The summed E-state index contributed by atoms with van der Waals surface area (Å²) in [6, 6.07) is 7.49. The van der Waals surface area contributed by atoms with Crippen LogP contribution in [0, 0.1) is 13.8 Å². The van der Waals surface area contributed by atoms with Crippen molar-refractivity contribution in [2.45, 2.75) is 20.4 Å². The van der Waals surface area contributed by atoms with E-state index in [-0.39, 0.29) is 0 Å². The SMILES string of the molecule is COc1ccc(N)cc1CNc1cc(C)nc(C)n1. The third-order valence-corrected chi connectivity index (χ3v) is 2.73. The van der Waals surface area contributed by atoms with Crippen LogP contribution in [0.3, 0.4) is 0 Å². The Morgan fingerprint density at radius 2 is 2.00 bits per heavy atom. The number of nitrogen functional groups attached to an aromatic ring is 1. The Labute approximate surface area is 112 Å². The average Bonchev–Trinajstić information content (AvgIpc) is 2.35. The zero-order valence-corrected chi connectivity index (χ0v) is 11.4. The van der Waals surface area contributed by atoms with Gasteiger partial charge in [-0.2, -0.15) is 0 Å². The van der Waals surface area contributed by atoms with Gasteiger partial charge in [0.15, 0.2) is 0 Å². The van der Waals surface area contributed by atoms with Crippen LogP contribution < -0.4 is 15.8 Å². The summed E-state index contributed by atoms with van der Waals surface area (Å²) >= 11 is 0. The first-order chi connectivity index (χ1) is 9.08. The minimum absolute atomic E-state index is 0.601. The van der Waals surface area contributed by atoms with Crippen molar-refractivity contribution in [2.75, 3.05) is 18.2 Å². The maximum Gasteiger partial charge on any atom is 0.130 e. The number of aryl methyl sites for hydroxylation is 2. The lowest BCUT2D eigenvalue weighted by Crippen LogP contribution is -2.05. The molecule has 0 saturated heterocycles. The molecular formula is C14H18N4O. The molecule has 0 atom stereocenters. The summed E-state index contributed by atoms with van der Waals surface area (Å²) in [5.74, 6) is 2.36. The Morgan fingerprint density at radius 1 is 1.21 bits per heavy atom. The average molecular weight is 258 g/mol. The molecule has 100 valence electrons. The second-order valence-corrected chi connectivity index (χ2v) is 4.37. The number of hydrogen-bond donors (Lipinski definition) is 2. The van der Waals surface area contributed by atoms with Crippen LogP contribution in [0.1, 0.15) is 17.1 Å². The van der Waals surface area contributed by atoms with Crippen LogP contribution in [-0.2, 0) is 6.54 Å². The highest BCUT2D eigenvalue weighted by Crippen LogP contribution is 2.22. The van der Waals surface area contributed by atoms with Gasteiger partial charge in [0.2, 0.25) is 0 Å². The topological polar surface area (TPSA) is 73.1 Å². The molecule has 0 aliphatic heterocycles. The molecule has 2 aromatic rings. The second-order valence-electron chi connectivity index (χ2n) is 4.37. The van der Waals surface area contributed by atoms with E-state index in [0.29, 0.717) is 12.2 Å². The first kappa shape index (κ1) is 13.1. The van der Waals surface area contributed by atoms with Gasteiger partial charge < -0.3 is 15.8 Å². The van der Waals surface area contributed by atoms with Gasteiger partial charge in [0.25, 0.3) is 0 Å². The molecule has 0 aliphatic rings. The van der Waals surface area contributed by atoms with E-state index in [4.69, 9.17) is 10.5 Å². The van der Waals surface area contributed by atoms with Crippen molar-refractivity contribution < 1.29 is 4.74 Å². The lowest BCUT2D eigenvalue weighted by molar-refractivity contribution is 0.410. The maximum atomic E-state index is 5.79. The number of methoxy groups -OCH3 is 1. The number of rotatable bonds is 4. The molecule has 0 spiro atoms. The molecule has 1 aromatic carbocycles. The number of nitrogens with two attached hydrogens (primary N) is 1. The quantitative estimate of drug-likeness (QED) is 0.823. The molecular weight excluding hydrogens is 240 g/mol. The molecule has 0 bridgehead atoms. The number of aromatic nitrogens is 2. The molecule has 0 saturated carbocycles. The Hall–Kier alpha value is -2.30. The lowest BCUT2D eigenvalue weighted by Gasteiger charge is -2.11. The fourth-order valence-corrected chi connectivity index (χ4v) is 1.93. The molecule has 0 unspecified atom stereocenters. The number of nitrogens with one attached hydrogen (secondary N) is 1. The Balaban J connectivity index is 2.16. The number of hydrogen-bond acceptors (Lipinski definition) is 5. The number of ether oxygens (including phenoxy) is 1. The smallest absolute Gasteiger partial charge is 0.130 e. The van der Waals surface area contributed by atoms with Gasteiger partial charge in [-0.3, -0.25) is 0 Å². The fourth-order valence-electron chi connectivity index (χ4n) is 1.93. The largest absolute Gasteiger partial charge is 0.496 e. The molecule has 5 heteroatoms. The predicted molar refractivity (Wildman–Crippen MR) is 76.2 cm³/mol. The third kappa shape index (κ3) is 3.34. The van der Waals surface area contributed by atoms with Gasteiger partial charge in [-0.15, -0.1) is 0 Å². The van der Waals surface area contributed by atoms with Crippen LogP contribution in [-0.4, -0.2) is 17.1 Å². The monoisotopic (exact) mass is 258 g/mol. The van der Waals surface area contributed by atoms with E-state index >= 15 is 0 Å². The van der Waals surface area contributed by atoms with E-state index in [1.165, 1.54) is 0 Å². The van der Waals surface area contributed by atoms with Crippen molar-refractivity contribution in [3.8, 4) is 5.75 Å². The summed E-state index contributed by atoms with van der Waals surface area (Å²) in [6.07, 6.45) is 0. The molecule has 2 rings (SSSR count). The molecule has 1 heterocycles. The second kappa shape index (κ2) is 5.56. The normalized spacial score (nSPS) is 10.3. The highest BCUT2D eigenvalue weighted by Gasteiger charge is 2.04. The highest BCUT2D eigenvalue weighted by atomic mass is 16.5. The van der Waals surface area contributed by atoms with E-state index in [9.17, 15) is 0 Å². The van der Waals surface area contributed by atoms with E-state index in [2.05, 4.69) is 15.3 Å². The molecule has 1 aromatic heterocycles. The van der Waals surface area contributed by atoms with Crippen molar-refractivity contribution >= 4 is 11.5 Å². The third-order valence-electron chi connectivity index (χ3n) is 2.73. The Morgan fingerprint density at radius 3 is 2.68 bits per heavy atom. The summed E-state index contributed by atoms with van der Waals surface area (Å²) in [5.41, 5.74) is 8.44. The first-order valence-electron chi connectivity index (χ1n) is 6.07. The molecule has 0 radical (unpaired) electrons. The summed E-state index contributed by atoms with van der Waals surface area (Å²) in [7, 11) is 1.65. The van der Waals surface area contributed by atoms with Gasteiger partial charge in [0.05, 0.1) is 7.11 Å². The van der Waals surface area contributed by atoms with Gasteiger partial charge in [0.1, 0.15) is 17.4 Å². The Bertz CT molecular complexity index is 563. The molecule has 3 N–H and O–H groups in total. The van der Waals surface area contributed by atoms with Crippen LogP contribution in [0.15, 0.2) is 24.3 Å². The zero-order valence-electron chi connectivity index (χ0n) is 11.4. The number of benzene rings is 1. The molecule has 0 fully saturated rings. The van der Waals surface area contributed by atoms with Gasteiger partial charge in [-0.25, -0.2) is 9.97 Å². The van der Waals surface area contributed by atoms with E-state index in [0.717, 1.165) is 28.6 Å². The van der Waals surface area contributed by atoms with Gasteiger partial charge in [-0.05, 0) is 32.0 Å². The molecule has 0 aliphatic carbocycles. The standard InChI is InChI=1S/C14H18N4O/c1-9-6-14(18-10(2)17-9)16-8-11-7-12(15)4-5-13(11)19-3/h4-7H,8,15H2,1-3H3,(H,16,17,18). The summed E-state index contributed by atoms with van der Waals surface area (Å²) in [5, 5.41) is 3.26. The van der Waals surface area contributed by atoms with Crippen LogP contribution in [0.5, 0.6) is 5.75 Å². The highest BCUT2D eigenvalue weighted by molar-refractivity contribution is 5.49. The van der Waals surface area contributed by atoms with E-state index in [1.807, 2.05) is 38.1 Å². The maximum absolute atomic E-state index is 5.79. The van der Waals surface area contributed by atoms with Crippen molar-refractivity contribution in [3.05, 3.63) is 41.3 Å². The van der Waals surface area contributed by atoms with Crippen molar-refractivity contribution in [1.82, 2.24) is 9.97 Å². The number of nitrogens with zero attached hydrogens (tertiary/aromatic N) is 2. The van der Waals surface area contributed by atoms with Crippen LogP contribution in [0.4, 0.5) is 11.5 Å². The van der Waals surface area contributed by atoms with E-state index < -0.39 is 0 Å². The van der Waals surface area contributed by atoms with Gasteiger partial charge in [-0.1, -0.05) is 0 Å². The lowest BCUT2D eigenvalue weighted by atomic mass is 10.1. The van der Waals surface area contributed by atoms with Crippen LogP contribution in [0.25, 0.3) is 0 Å². The molecule has 19 heavy (non-hydrogen) atoms. The summed E-state index contributed by atoms with van der Waals surface area (Å²) < 4.78 is 5.31. The van der Waals surface area contributed by atoms with Crippen LogP contribution in [0.2, 0.25) is 0 Å². The van der Waals surface area contributed by atoms with Crippen LogP contribution >= 0.6 is 0 Å².